The Hall–Kier alpha value is -0.830. The van der Waals surface area contributed by atoms with E-state index in [0.29, 0.717) is 11.1 Å². The molecular formula is C9H14ClN3. The van der Waals surface area contributed by atoms with Gasteiger partial charge < -0.3 is 4.90 Å². The van der Waals surface area contributed by atoms with Gasteiger partial charge in [-0.15, -0.1) is 0 Å². The van der Waals surface area contributed by atoms with E-state index in [1.807, 2.05) is 11.9 Å². The second-order valence-electron chi connectivity index (χ2n) is 3.47. The maximum absolute atomic E-state index is 5.73. The zero-order chi connectivity index (χ0) is 9.84. The molecule has 0 aliphatic rings. The molecule has 1 heterocycles. The number of nitrogens with zero attached hydrogens (tertiary/aromatic N) is 3. The molecule has 0 radical (unpaired) electrons. The predicted molar refractivity (Wildman–Crippen MR) is 55.2 cm³/mol. The maximum Gasteiger partial charge on any atom is 0.149 e. The minimum absolute atomic E-state index is 0.438. The van der Waals surface area contributed by atoms with Crippen molar-refractivity contribution in [2.45, 2.75) is 13.8 Å². The van der Waals surface area contributed by atoms with E-state index in [2.05, 4.69) is 23.8 Å². The molecule has 0 bridgehead atoms. The zero-order valence-corrected chi connectivity index (χ0v) is 8.91. The number of hydrogen-bond donors (Lipinski definition) is 0. The Balaban J connectivity index is 2.71. The minimum atomic E-state index is 0.438. The van der Waals surface area contributed by atoms with Gasteiger partial charge >= 0.3 is 0 Å². The van der Waals surface area contributed by atoms with E-state index in [1.54, 1.807) is 6.20 Å². The molecule has 0 saturated carbocycles. The molecule has 0 amide bonds. The number of halogens is 1. The minimum Gasteiger partial charge on any atom is -0.358 e. The molecule has 0 atom stereocenters. The Kier molecular flexibility index (Phi) is 3.48. The van der Waals surface area contributed by atoms with Gasteiger partial charge in [-0.25, -0.2) is 4.98 Å². The standard InChI is InChI=1S/C9H14ClN3/c1-7(2)6-13(3)9-5-11-4-8(10)12-9/h4-5,7H,6H2,1-3H3. The van der Waals surface area contributed by atoms with Gasteiger partial charge in [0, 0.05) is 13.6 Å². The summed E-state index contributed by atoms with van der Waals surface area (Å²) in [6, 6.07) is 0. The van der Waals surface area contributed by atoms with Gasteiger partial charge in [-0.3, -0.25) is 4.98 Å². The van der Waals surface area contributed by atoms with Crippen LogP contribution in [0.4, 0.5) is 5.82 Å². The molecule has 1 rings (SSSR count). The molecule has 0 saturated heterocycles. The lowest BCUT2D eigenvalue weighted by atomic mass is 10.2. The third kappa shape index (κ3) is 3.19. The largest absolute Gasteiger partial charge is 0.358 e. The van der Waals surface area contributed by atoms with E-state index in [0.717, 1.165) is 12.4 Å². The first kappa shape index (κ1) is 10.3. The Labute approximate surface area is 83.8 Å². The average molecular weight is 200 g/mol. The van der Waals surface area contributed by atoms with E-state index in [9.17, 15) is 0 Å². The fraction of sp³-hybridized carbons (Fsp3) is 0.556. The van der Waals surface area contributed by atoms with Gasteiger partial charge in [-0.1, -0.05) is 25.4 Å². The molecule has 0 spiro atoms. The van der Waals surface area contributed by atoms with E-state index in [1.165, 1.54) is 6.20 Å². The van der Waals surface area contributed by atoms with Crippen LogP contribution in [-0.2, 0) is 0 Å². The fourth-order valence-corrected chi connectivity index (χ4v) is 1.30. The van der Waals surface area contributed by atoms with Gasteiger partial charge in [-0.2, -0.15) is 0 Å². The molecule has 1 aromatic rings. The molecule has 13 heavy (non-hydrogen) atoms. The first-order chi connectivity index (χ1) is 6.09. The fourth-order valence-electron chi connectivity index (χ4n) is 1.16. The summed E-state index contributed by atoms with van der Waals surface area (Å²) >= 11 is 5.73. The number of aromatic nitrogens is 2. The van der Waals surface area contributed by atoms with Gasteiger partial charge in [0.15, 0.2) is 0 Å². The lowest BCUT2D eigenvalue weighted by Crippen LogP contribution is -2.23. The summed E-state index contributed by atoms with van der Waals surface area (Å²) in [5.74, 6) is 1.42. The Morgan fingerprint density at radius 3 is 2.69 bits per heavy atom. The highest BCUT2D eigenvalue weighted by Gasteiger charge is 2.04. The molecule has 0 N–H and O–H groups in total. The highest BCUT2D eigenvalue weighted by molar-refractivity contribution is 6.29. The highest BCUT2D eigenvalue weighted by Crippen LogP contribution is 2.11. The summed E-state index contributed by atoms with van der Waals surface area (Å²) < 4.78 is 0. The number of hydrogen-bond acceptors (Lipinski definition) is 3. The van der Waals surface area contributed by atoms with E-state index >= 15 is 0 Å². The Bertz CT molecular complexity index is 275. The number of rotatable bonds is 3. The molecule has 1 aromatic heterocycles. The molecule has 0 aromatic carbocycles. The van der Waals surface area contributed by atoms with Crippen LogP contribution in [-0.4, -0.2) is 23.6 Å². The van der Waals surface area contributed by atoms with Crippen LogP contribution in [0, 0.1) is 5.92 Å². The second kappa shape index (κ2) is 4.42. The lowest BCUT2D eigenvalue weighted by Gasteiger charge is -2.19. The molecule has 0 aliphatic carbocycles. The second-order valence-corrected chi connectivity index (χ2v) is 3.86. The average Bonchev–Trinajstić information content (AvgIpc) is 2.03. The van der Waals surface area contributed by atoms with Crippen LogP contribution in [0.25, 0.3) is 0 Å². The highest BCUT2D eigenvalue weighted by atomic mass is 35.5. The SMILES string of the molecule is CC(C)CN(C)c1cncc(Cl)n1. The quantitative estimate of drug-likeness (QED) is 0.748. The Morgan fingerprint density at radius 1 is 1.46 bits per heavy atom. The van der Waals surface area contributed by atoms with Crippen molar-refractivity contribution in [2.24, 2.45) is 5.92 Å². The van der Waals surface area contributed by atoms with Crippen molar-refractivity contribution in [3.63, 3.8) is 0 Å². The van der Waals surface area contributed by atoms with Crippen LogP contribution in [0.1, 0.15) is 13.8 Å². The van der Waals surface area contributed by atoms with E-state index < -0.39 is 0 Å². The summed E-state index contributed by atoms with van der Waals surface area (Å²) in [5, 5.41) is 0.438. The monoisotopic (exact) mass is 199 g/mol. The molecule has 3 nitrogen and oxygen atoms in total. The van der Waals surface area contributed by atoms with Crippen molar-refractivity contribution >= 4 is 17.4 Å². The van der Waals surface area contributed by atoms with Crippen molar-refractivity contribution < 1.29 is 0 Å². The van der Waals surface area contributed by atoms with Gasteiger partial charge in [0.25, 0.3) is 0 Å². The summed E-state index contributed by atoms with van der Waals surface area (Å²) in [4.78, 5) is 10.2. The van der Waals surface area contributed by atoms with Crippen molar-refractivity contribution in [1.29, 1.82) is 0 Å². The lowest BCUT2D eigenvalue weighted by molar-refractivity contribution is 0.634. The van der Waals surface area contributed by atoms with Crippen LogP contribution in [0.2, 0.25) is 5.15 Å². The summed E-state index contributed by atoms with van der Waals surface area (Å²) in [6.45, 7) is 5.28. The third-order valence-electron chi connectivity index (χ3n) is 1.62. The predicted octanol–water partition coefficient (Wildman–Crippen LogP) is 2.22. The van der Waals surface area contributed by atoms with Crippen molar-refractivity contribution in [3.05, 3.63) is 17.5 Å². The molecule has 4 heteroatoms. The van der Waals surface area contributed by atoms with Gasteiger partial charge in [0.2, 0.25) is 0 Å². The molecule has 0 unspecified atom stereocenters. The van der Waals surface area contributed by atoms with Crippen LogP contribution < -0.4 is 4.90 Å². The summed E-state index contributed by atoms with van der Waals surface area (Å²) in [5.41, 5.74) is 0. The van der Waals surface area contributed by atoms with Crippen molar-refractivity contribution in [1.82, 2.24) is 9.97 Å². The molecule has 0 fully saturated rings. The van der Waals surface area contributed by atoms with E-state index in [4.69, 9.17) is 11.6 Å². The molecule has 0 aliphatic heterocycles. The first-order valence-corrected chi connectivity index (χ1v) is 4.66. The maximum atomic E-state index is 5.73. The van der Waals surface area contributed by atoms with Crippen molar-refractivity contribution in [2.75, 3.05) is 18.5 Å². The van der Waals surface area contributed by atoms with Crippen LogP contribution >= 0.6 is 11.6 Å². The summed E-state index contributed by atoms with van der Waals surface area (Å²) in [7, 11) is 1.99. The van der Waals surface area contributed by atoms with Crippen molar-refractivity contribution in [3.8, 4) is 0 Å². The first-order valence-electron chi connectivity index (χ1n) is 4.28. The van der Waals surface area contributed by atoms with Gasteiger partial charge in [-0.05, 0) is 5.92 Å². The summed E-state index contributed by atoms with van der Waals surface area (Å²) in [6.07, 6.45) is 3.25. The smallest absolute Gasteiger partial charge is 0.149 e. The third-order valence-corrected chi connectivity index (χ3v) is 1.80. The topological polar surface area (TPSA) is 29.0 Å². The van der Waals surface area contributed by atoms with Crippen LogP contribution in [0.15, 0.2) is 12.4 Å². The zero-order valence-electron chi connectivity index (χ0n) is 8.16. The van der Waals surface area contributed by atoms with E-state index in [-0.39, 0.29) is 0 Å². The molecular weight excluding hydrogens is 186 g/mol. The van der Waals surface area contributed by atoms with Crippen LogP contribution in [0.3, 0.4) is 0 Å². The van der Waals surface area contributed by atoms with Gasteiger partial charge in [0.1, 0.15) is 11.0 Å². The Morgan fingerprint density at radius 2 is 2.15 bits per heavy atom. The molecule has 72 valence electrons. The number of anilines is 1. The van der Waals surface area contributed by atoms with Gasteiger partial charge in [0.05, 0.1) is 12.4 Å². The normalized spacial score (nSPS) is 10.5. The van der Waals surface area contributed by atoms with Crippen LogP contribution in [0.5, 0.6) is 0 Å².